The second kappa shape index (κ2) is 19.4. The van der Waals surface area contributed by atoms with Crippen LogP contribution in [0.4, 0.5) is 5.69 Å². The molecule has 0 radical (unpaired) electrons. The van der Waals surface area contributed by atoms with E-state index in [-0.39, 0.29) is 28.3 Å². The second-order valence-corrected chi connectivity index (χ2v) is 13.8. The van der Waals surface area contributed by atoms with Gasteiger partial charge in [-0.3, -0.25) is 4.79 Å². The summed E-state index contributed by atoms with van der Waals surface area (Å²) in [5.41, 5.74) is 3.66. The van der Waals surface area contributed by atoms with Crippen molar-refractivity contribution in [2.75, 3.05) is 17.8 Å². The third-order valence-electron chi connectivity index (χ3n) is 7.73. The van der Waals surface area contributed by atoms with E-state index < -0.39 is 0 Å². The first-order valence-electron chi connectivity index (χ1n) is 16.0. The normalized spacial score (nSPS) is 13.1. The minimum atomic E-state index is -0.121. The molecule has 0 saturated heterocycles. The van der Waals surface area contributed by atoms with Crippen LogP contribution in [0, 0.1) is 0 Å². The average molecular weight is 660 g/mol. The van der Waals surface area contributed by atoms with Crippen molar-refractivity contribution in [2.45, 2.75) is 124 Å². The number of unbranched alkanes of at least 4 members (excludes halogenated alkanes) is 11. The Morgan fingerprint density at radius 3 is 2.02 bits per heavy atom. The molecule has 1 aliphatic rings. The van der Waals surface area contributed by atoms with Gasteiger partial charge in [-0.1, -0.05) is 110 Å². The van der Waals surface area contributed by atoms with Gasteiger partial charge < -0.3 is 15.0 Å². The van der Waals surface area contributed by atoms with E-state index in [2.05, 4.69) is 63.2 Å². The first-order valence-corrected chi connectivity index (χ1v) is 17.0. The molecule has 2 aromatic rings. The van der Waals surface area contributed by atoms with Crippen LogP contribution in [-0.4, -0.2) is 23.3 Å². The predicted molar refractivity (Wildman–Crippen MR) is 188 cm³/mol. The number of rotatable bonds is 18. The van der Waals surface area contributed by atoms with Gasteiger partial charge in [-0.05, 0) is 59.6 Å². The molecule has 1 N–H and O–H groups in total. The summed E-state index contributed by atoms with van der Waals surface area (Å²) in [6.45, 7) is 12.6. The number of benzene rings is 2. The second-order valence-electron chi connectivity index (χ2n) is 12.6. The van der Waals surface area contributed by atoms with E-state index in [0.717, 1.165) is 42.4 Å². The van der Waals surface area contributed by atoms with Crippen molar-refractivity contribution in [1.29, 1.82) is 0 Å². The lowest BCUT2D eigenvalue weighted by Crippen LogP contribution is -2.17. The fraction of sp³-hybridized carbons (Fsp3) is 0.583. The minimum absolute atomic E-state index is 0. The smallest absolute Gasteiger partial charge is 0.255 e. The van der Waals surface area contributed by atoms with Gasteiger partial charge in [0.2, 0.25) is 0 Å². The van der Waals surface area contributed by atoms with Crippen molar-refractivity contribution in [1.82, 2.24) is 4.90 Å². The molecule has 42 heavy (non-hydrogen) atoms. The highest BCUT2D eigenvalue weighted by molar-refractivity contribution is 8.93. The van der Waals surface area contributed by atoms with Gasteiger partial charge in [-0.2, -0.15) is 0 Å². The summed E-state index contributed by atoms with van der Waals surface area (Å²) in [7, 11) is 0. The minimum Gasteiger partial charge on any atom is -0.493 e. The third kappa shape index (κ3) is 13.2. The maximum absolute atomic E-state index is 13.1. The lowest BCUT2D eigenvalue weighted by atomic mass is 9.85. The van der Waals surface area contributed by atoms with Crippen LogP contribution in [0.15, 0.2) is 53.6 Å². The topological polar surface area (TPSA) is 41.6 Å². The van der Waals surface area contributed by atoms with Crippen LogP contribution in [0.25, 0.3) is 0 Å². The first kappa shape index (κ1) is 36.3. The van der Waals surface area contributed by atoms with Crippen LogP contribution in [0.1, 0.15) is 133 Å². The highest BCUT2D eigenvalue weighted by Gasteiger charge is 2.21. The molecule has 0 aliphatic carbocycles. The Hall–Kier alpha value is -1.92. The number of thioether (sulfide) groups is 1. The molecular formula is C36H55BrN2O2S. The molecule has 3 rings (SSSR count). The largest absolute Gasteiger partial charge is 0.493 e. The molecule has 2 aromatic carbocycles. The Labute approximate surface area is 271 Å². The molecule has 4 nitrogen and oxygen atoms in total. The summed E-state index contributed by atoms with van der Waals surface area (Å²) in [6.07, 6.45) is 18.2. The Balaban J connectivity index is 0.00000616. The maximum Gasteiger partial charge on any atom is 0.255 e. The van der Waals surface area contributed by atoms with Crippen LogP contribution >= 0.6 is 28.7 Å². The van der Waals surface area contributed by atoms with Gasteiger partial charge in [0.15, 0.2) is 0 Å². The maximum atomic E-state index is 13.1. The number of halogens is 1. The Morgan fingerprint density at radius 1 is 0.881 bits per heavy atom. The number of allylic oxidation sites excluding steroid dienone is 1. The standard InChI is InChI=1S/C36H54N2O2S.BrH/c1-6-7-8-9-10-11-12-13-14-15-16-17-24-40-34-23-20-31(25-33(34)36(3,4)5)35(39)37-32-21-18-30(19-22-32)27-38-26-29(2)41-28-38;/h18-23,25-26H,6-17,24,27-28H2,1-5H3,(H,37,39);1H. The SMILES string of the molecule is Br.CCCCCCCCCCCCCCOc1ccc(C(=O)Nc2ccc(CN3C=C(C)SC3)cc2)cc1C(C)(C)C. The van der Waals surface area contributed by atoms with E-state index in [4.69, 9.17) is 4.74 Å². The summed E-state index contributed by atoms with van der Waals surface area (Å²) in [5, 5.41) is 3.07. The molecule has 0 aromatic heterocycles. The zero-order valence-electron chi connectivity index (χ0n) is 26.8. The van der Waals surface area contributed by atoms with E-state index in [1.54, 1.807) is 0 Å². The summed E-state index contributed by atoms with van der Waals surface area (Å²) in [5.74, 6) is 1.80. The van der Waals surface area contributed by atoms with Crippen molar-refractivity contribution in [3.05, 3.63) is 70.3 Å². The van der Waals surface area contributed by atoms with Gasteiger partial charge in [0.1, 0.15) is 5.75 Å². The molecular weight excluding hydrogens is 604 g/mol. The van der Waals surface area contributed by atoms with Crippen LogP contribution in [0.3, 0.4) is 0 Å². The fourth-order valence-electron chi connectivity index (χ4n) is 5.25. The Kier molecular flexibility index (Phi) is 16.7. The summed E-state index contributed by atoms with van der Waals surface area (Å²) < 4.78 is 6.24. The number of anilines is 1. The number of hydrogen-bond acceptors (Lipinski definition) is 4. The molecule has 0 spiro atoms. The number of nitrogens with one attached hydrogen (secondary N) is 1. The van der Waals surface area contributed by atoms with Crippen molar-refractivity contribution in [3.8, 4) is 5.75 Å². The quantitative estimate of drug-likeness (QED) is 0.162. The summed E-state index contributed by atoms with van der Waals surface area (Å²) >= 11 is 1.87. The molecule has 0 saturated carbocycles. The molecule has 0 unspecified atom stereocenters. The zero-order chi connectivity index (χ0) is 29.5. The fourth-order valence-corrected chi connectivity index (χ4v) is 6.01. The lowest BCUT2D eigenvalue weighted by Gasteiger charge is -2.24. The summed E-state index contributed by atoms with van der Waals surface area (Å²) in [6, 6.07) is 14.0. The van der Waals surface area contributed by atoms with Gasteiger partial charge in [0.25, 0.3) is 5.91 Å². The highest BCUT2D eigenvalue weighted by Crippen LogP contribution is 2.33. The summed E-state index contributed by atoms with van der Waals surface area (Å²) in [4.78, 5) is 16.8. The van der Waals surface area contributed by atoms with E-state index in [1.165, 1.54) is 81.1 Å². The van der Waals surface area contributed by atoms with E-state index in [1.807, 2.05) is 42.1 Å². The number of nitrogens with zero attached hydrogens (tertiary/aromatic N) is 1. The van der Waals surface area contributed by atoms with Gasteiger partial charge in [-0.25, -0.2) is 0 Å². The van der Waals surface area contributed by atoms with E-state index in [9.17, 15) is 4.79 Å². The van der Waals surface area contributed by atoms with Crippen molar-refractivity contribution in [2.24, 2.45) is 0 Å². The molecule has 0 fully saturated rings. The molecule has 234 valence electrons. The average Bonchev–Trinajstić information content (AvgIpc) is 3.36. The van der Waals surface area contributed by atoms with Gasteiger partial charge in [0, 0.05) is 29.6 Å². The molecule has 0 atom stereocenters. The van der Waals surface area contributed by atoms with Gasteiger partial charge in [0.05, 0.1) is 12.5 Å². The van der Waals surface area contributed by atoms with E-state index in [0.29, 0.717) is 5.56 Å². The van der Waals surface area contributed by atoms with Gasteiger partial charge in [-0.15, -0.1) is 28.7 Å². The van der Waals surface area contributed by atoms with E-state index >= 15 is 0 Å². The Morgan fingerprint density at radius 2 is 1.48 bits per heavy atom. The van der Waals surface area contributed by atoms with Crippen molar-refractivity contribution in [3.63, 3.8) is 0 Å². The zero-order valence-corrected chi connectivity index (χ0v) is 29.3. The lowest BCUT2D eigenvalue weighted by molar-refractivity contribution is 0.102. The van der Waals surface area contributed by atoms with Crippen molar-refractivity contribution < 1.29 is 9.53 Å². The monoisotopic (exact) mass is 658 g/mol. The Bertz CT molecular complexity index is 1090. The number of carbonyl (C=O) groups is 1. The molecule has 1 aliphatic heterocycles. The van der Waals surface area contributed by atoms with Crippen LogP contribution in [0.5, 0.6) is 5.75 Å². The third-order valence-corrected chi connectivity index (χ3v) is 8.75. The van der Waals surface area contributed by atoms with Crippen LogP contribution < -0.4 is 10.1 Å². The number of amides is 1. The highest BCUT2D eigenvalue weighted by atomic mass is 79.9. The molecule has 1 heterocycles. The van der Waals surface area contributed by atoms with Crippen LogP contribution in [-0.2, 0) is 12.0 Å². The first-order chi connectivity index (χ1) is 19.8. The van der Waals surface area contributed by atoms with Crippen LogP contribution in [0.2, 0.25) is 0 Å². The van der Waals surface area contributed by atoms with Gasteiger partial charge >= 0.3 is 0 Å². The molecule has 1 amide bonds. The predicted octanol–water partition coefficient (Wildman–Crippen LogP) is 11.3. The van der Waals surface area contributed by atoms with Crippen molar-refractivity contribution >= 4 is 40.3 Å². The molecule has 0 bridgehead atoms. The number of hydrogen-bond donors (Lipinski definition) is 1. The number of carbonyl (C=O) groups excluding carboxylic acids is 1. The number of ether oxygens (including phenoxy) is 1. The molecule has 6 heteroatoms.